The Labute approximate surface area is 132 Å². The number of hydrogen-bond donors (Lipinski definition) is 0. The van der Waals surface area contributed by atoms with Crippen LogP contribution in [0.4, 0.5) is 5.69 Å². The van der Waals surface area contributed by atoms with Crippen LogP contribution >= 0.6 is 11.6 Å². The van der Waals surface area contributed by atoms with Crippen LogP contribution in [0.5, 0.6) is 5.75 Å². The number of para-hydroxylation sites is 2. The van der Waals surface area contributed by atoms with Gasteiger partial charge in [-0.3, -0.25) is 14.4 Å². The number of hydrogen-bond acceptors (Lipinski definition) is 4. The molecule has 1 fully saturated rings. The van der Waals surface area contributed by atoms with E-state index in [4.69, 9.17) is 16.3 Å². The Balaban J connectivity index is 1.98. The Morgan fingerprint density at radius 1 is 1.23 bits per heavy atom. The first kappa shape index (κ1) is 14.8. The van der Waals surface area contributed by atoms with E-state index >= 15 is 0 Å². The molecule has 0 bridgehead atoms. The minimum Gasteiger partial charge on any atom is -0.424 e. The molecule has 1 aliphatic carbocycles. The topological polar surface area (TPSA) is 63.7 Å². The molecule has 6 heteroatoms. The first-order chi connectivity index (χ1) is 10.5. The predicted octanol–water partition coefficient (Wildman–Crippen LogP) is 2.63. The summed E-state index contributed by atoms with van der Waals surface area (Å²) in [6.07, 6.45) is 2.62. The first-order valence-electron chi connectivity index (χ1n) is 6.99. The van der Waals surface area contributed by atoms with Gasteiger partial charge in [0.1, 0.15) is 0 Å². The molecule has 2 amide bonds. The molecule has 22 heavy (non-hydrogen) atoms. The molecule has 1 aromatic carbocycles. The van der Waals surface area contributed by atoms with E-state index in [1.54, 1.807) is 30.3 Å². The van der Waals surface area contributed by atoms with E-state index in [-0.39, 0.29) is 23.5 Å². The molecular formula is C16H14ClNO4. The average molecular weight is 320 g/mol. The number of halogens is 1. The zero-order valence-electron chi connectivity index (χ0n) is 11.9. The van der Waals surface area contributed by atoms with E-state index in [1.165, 1.54) is 6.92 Å². The lowest BCUT2D eigenvalue weighted by molar-refractivity contribution is -0.132. The number of carbonyl (C=O) groups is 3. The quantitative estimate of drug-likeness (QED) is 0.477. The van der Waals surface area contributed by atoms with Crippen LogP contribution in [0.3, 0.4) is 0 Å². The molecule has 1 heterocycles. The van der Waals surface area contributed by atoms with E-state index in [9.17, 15) is 14.4 Å². The first-order valence-corrected chi connectivity index (χ1v) is 7.36. The van der Waals surface area contributed by atoms with Crippen molar-refractivity contribution in [3.05, 3.63) is 35.4 Å². The van der Waals surface area contributed by atoms with Crippen molar-refractivity contribution in [3.63, 3.8) is 0 Å². The molecular weight excluding hydrogens is 306 g/mol. The molecule has 1 saturated heterocycles. The summed E-state index contributed by atoms with van der Waals surface area (Å²) in [5.41, 5.74) is 0.304. The summed E-state index contributed by atoms with van der Waals surface area (Å²) < 4.78 is 5.10. The van der Waals surface area contributed by atoms with Crippen molar-refractivity contribution in [2.75, 3.05) is 4.90 Å². The van der Waals surface area contributed by atoms with Crippen LogP contribution in [0.2, 0.25) is 0 Å². The lowest BCUT2D eigenvalue weighted by atomic mass is 9.85. The average Bonchev–Trinajstić information content (AvgIpc) is 2.71. The fraction of sp³-hybridized carbons (Fsp3) is 0.312. The fourth-order valence-electron chi connectivity index (χ4n) is 2.95. The maximum Gasteiger partial charge on any atom is 0.308 e. The van der Waals surface area contributed by atoms with Crippen molar-refractivity contribution in [1.82, 2.24) is 0 Å². The van der Waals surface area contributed by atoms with Gasteiger partial charge < -0.3 is 4.74 Å². The molecule has 2 aliphatic rings. The van der Waals surface area contributed by atoms with Crippen molar-refractivity contribution in [2.24, 2.45) is 11.8 Å². The summed E-state index contributed by atoms with van der Waals surface area (Å²) in [4.78, 5) is 37.5. The second-order valence-electron chi connectivity index (χ2n) is 5.38. The van der Waals surface area contributed by atoms with Crippen LogP contribution in [0, 0.1) is 11.8 Å². The molecule has 0 saturated carbocycles. The largest absolute Gasteiger partial charge is 0.424 e. The number of fused-ring (bicyclic) bond motifs is 1. The van der Waals surface area contributed by atoms with Crippen molar-refractivity contribution >= 4 is 35.1 Å². The summed E-state index contributed by atoms with van der Waals surface area (Å²) in [5.74, 6) is -1.69. The van der Waals surface area contributed by atoms with Gasteiger partial charge in [-0.15, -0.1) is 0 Å². The minimum absolute atomic E-state index is 0.203. The highest BCUT2D eigenvalue weighted by molar-refractivity contribution is 6.30. The number of carbonyl (C=O) groups excluding carboxylic acids is 3. The molecule has 0 spiro atoms. The Hall–Kier alpha value is -2.14. The molecule has 1 aliphatic heterocycles. The summed E-state index contributed by atoms with van der Waals surface area (Å²) in [6.45, 7) is 1.27. The third-order valence-electron chi connectivity index (χ3n) is 3.93. The van der Waals surface area contributed by atoms with Gasteiger partial charge in [-0.25, -0.2) is 4.90 Å². The third-order valence-corrected chi connectivity index (χ3v) is 4.24. The Kier molecular flexibility index (Phi) is 3.74. The lowest BCUT2D eigenvalue weighted by Gasteiger charge is -2.18. The smallest absolute Gasteiger partial charge is 0.308 e. The number of nitrogens with zero attached hydrogens (tertiary/aromatic N) is 1. The second kappa shape index (κ2) is 5.57. The van der Waals surface area contributed by atoms with E-state index in [0.717, 1.165) is 4.90 Å². The summed E-state index contributed by atoms with van der Waals surface area (Å²) in [5, 5.41) is 0.609. The number of amides is 2. The molecule has 0 aromatic heterocycles. The predicted molar refractivity (Wildman–Crippen MR) is 80.4 cm³/mol. The van der Waals surface area contributed by atoms with Crippen LogP contribution in [0.1, 0.15) is 19.8 Å². The maximum atomic E-state index is 12.6. The van der Waals surface area contributed by atoms with Crippen LogP contribution in [-0.4, -0.2) is 17.8 Å². The fourth-order valence-corrected chi connectivity index (χ4v) is 3.20. The van der Waals surface area contributed by atoms with E-state index in [0.29, 0.717) is 23.6 Å². The van der Waals surface area contributed by atoms with Crippen molar-refractivity contribution < 1.29 is 19.1 Å². The highest BCUT2D eigenvalue weighted by Crippen LogP contribution is 2.42. The van der Waals surface area contributed by atoms with Crippen LogP contribution in [0.25, 0.3) is 0 Å². The molecule has 0 N–H and O–H groups in total. The van der Waals surface area contributed by atoms with Crippen molar-refractivity contribution in [1.29, 1.82) is 0 Å². The van der Waals surface area contributed by atoms with Gasteiger partial charge in [0, 0.05) is 12.0 Å². The Morgan fingerprint density at radius 3 is 2.64 bits per heavy atom. The molecule has 5 nitrogen and oxygen atoms in total. The van der Waals surface area contributed by atoms with Gasteiger partial charge in [0.25, 0.3) is 0 Å². The number of allylic oxidation sites excluding steroid dienone is 2. The number of anilines is 1. The molecule has 114 valence electrons. The normalized spacial score (nSPS) is 24.1. The van der Waals surface area contributed by atoms with Gasteiger partial charge >= 0.3 is 5.97 Å². The molecule has 0 radical (unpaired) electrons. The van der Waals surface area contributed by atoms with E-state index < -0.39 is 11.9 Å². The number of ether oxygens (including phenoxy) is 1. The highest BCUT2D eigenvalue weighted by Gasteiger charge is 2.49. The van der Waals surface area contributed by atoms with Crippen LogP contribution in [0.15, 0.2) is 35.4 Å². The van der Waals surface area contributed by atoms with Gasteiger partial charge in [-0.1, -0.05) is 29.8 Å². The monoisotopic (exact) mass is 319 g/mol. The van der Waals surface area contributed by atoms with Crippen LogP contribution < -0.4 is 9.64 Å². The van der Waals surface area contributed by atoms with E-state index in [1.807, 2.05) is 0 Å². The van der Waals surface area contributed by atoms with Gasteiger partial charge in [-0.05, 0) is 25.0 Å². The Morgan fingerprint density at radius 2 is 1.91 bits per heavy atom. The zero-order chi connectivity index (χ0) is 15.9. The molecule has 1 aromatic rings. The van der Waals surface area contributed by atoms with Gasteiger partial charge in [0.2, 0.25) is 11.8 Å². The third kappa shape index (κ3) is 2.41. The zero-order valence-corrected chi connectivity index (χ0v) is 12.7. The number of imide groups is 1. The van der Waals surface area contributed by atoms with Gasteiger partial charge in [0.15, 0.2) is 5.75 Å². The van der Waals surface area contributed by atoms with Gasteiger partial charge in [0.05, 0.1) is 17.5 Å². The summed E-state index contributed by atoms with van der Waals surface area (Å²) in [6, 6.07) is 6.53. The molecule has 2 atom stereocenters. The second-order valence-corrected chi connectivity index (χ2v) is 5.86. The SMILES string of the molecule is CC(=O)Oc1ccccc1N1C(=O)[C@H]2CC(Cl)=CC[C@H]2C1=O. The van der Waals surface area contributed by atoms with E-state index in [2.05, 4.69) is 0 Å². The minimum atomic E-state index is -0.506. The Bertz CT molecular complexity index is 697. The number of esters is 1. The van der Waals surface area contributed by atoms with Gasteiger partial charge in [-0.2, -0.15) is 0 Å². The molecule has 3 rings (SSSR count). The number of benzene rings is 1. The summed E-state index contributed by atoms with van der Waals surface area (Å²) in [7, 11) is 0. The highest BCUT2D eigenvalue weighted by atomic mass is 35.5. The van der Waals surface area contributed by atoms with Crippen LogP contribution in [-0.2, 0) is 14.4 Å². The maximum absolute atomic E-state index is 12.6. The summed E-state index contributed by atoms with van der Waals surface area (Å²) >= 11 is 6.00. The van der Waals surface area contributed by atoms with Crippen molar-refractivity contribution in [2.45, 2.75) is 19.8 Å². The lowest BCUT2D eigenvalue weighted by Crippen LogP contribution is -2.31. The standard InChI is InChI=1S/C16H14ClNO4/c1-9(19)22-14-5-3-2-4-13(14)18-15(20)11-7-6-10(17)8-12(11)16(18)21/h2-6,11-12H,7-8H2,1H3/t11-,12+/m1/s1. The number of rotatable bonds is 2. The molecule has 0 unspecified atom stereocenters. The van der Waals surface area contributed by atoms with Crippen molar-refractivity contribution in [3.8, 4) is 5.75 Å².